The highest BCUT2D eigenvalue weighted by Gasteiger charge is 2.14. The number of phenols is 1. The SMILES string of the molecule is CCOC(=O)/C(C)=C(\I)c1ccc(Cl)cc1O. The van der Waals surface area contributed by atoms with Crippen LogP contribution in [0.4, 0.5) is 0 Å². The molecule has 0 radical (unpaired) electrons. The first-order chi connectivity index (χ1) is 7.97. The van der Waals surface area contributed by atoms with E-state index in [1.165, 1.54) is 6.07 Å². The van der Waals surface area contributed by atoms with E-state index in [1.54, 1.807) is 26.0 Å². The van der Waals surface area contributed by atoms with Crippen LogP contribution in [0.5, 0.6) is 5.75 Å². The molecule has 1 N–H and O–H groups in total. The minimum absolute atomic E-state index is 0.0468. The average molecular weight is 367 g/mol. The Morgan fingerprint density at radius 3 is 2.71 bits per heavy atom. The Kier molecular flexibility index (Phi) is 5.27. The number of ether oxygens (including phenoxy) is 1. The maximum absolute atomic E-state index is 11.5. The fourth-order valence-corrected chi connectivity index (χ4v) is 2.06. The second-order valence-corrected chi connectivity index (χ2v) is 4.84. The molecule has 0 saturated carbocycles. The van der Waals surface area contributed by atoms with Crippen molar-refractivity contribution < 1.29 is 14.6 Å². The Bertz CT molecular complexity index is 469. The number of esters is 1. The average Bonchev–Trinajstić information content (AvgIpc) is 2.27. The van der Waals surface area contributed by atoms with Crippen molar-refractivity contribution >= 4 is 43.7 Å². The molecule has 92 valence electrons. The second-order valence-electron chi connectivity index (χ2n) is 3.32. The van der Waals surface area contributed by atoms with E-state index in [2.05, 4.69) is 0 Å². The van der Waals surface area contributed by atoms with E-state index < -0.39 is 0 Å². The van der Waals surface area contributed by atoms with E-state index in [4.69, 9.17) is 16.3 Å². The van der Waals surface area contributed by atoms with Crippen LogP contribution < -0.4 is 0 Å². The molecule has 0 unspecified atom stereocenters. The molecule has 0 saturated heterocycles. The van der Waals surface area contributed by atoms with Crippen LogP contribution in [0.25, 0.3) is 3.58 Å². The monoisotopic (exact) mass is 366 g/mol. The van der Waals surface area contributed by atoms with E-state index >= 15 is 0 Å². The molecule has 0 amide bonds. The number of benzene rings is 1. The van der Waals surface area contributed by atoms with Crippen molar-refractivity contribution in [1.82, 2.24) is 0 Å². The lowest BCUT2D eigenvalue weighted by Gasteiger charge is -2.08. The van der Waals surface area contributed by atoms with Crippen LogP contribution in [-0.4, -0.2) is 17.7 Å². The maximum atomic E-state index is 11.5. The van der Waals surface area contributed by atoms with Gasteiger partial charge in [-0.1, -0.05) is 11.6 Å². The Morgan fingerprint density at radius 2 is 2.18 bits per heavy atom. The lowest BCUT2D eigenvalue weighted by molar-refractivity contribution is -0.138. The van der Waals surface area contributed by atoms with E-state index in [0.29, 0.717) is 26.3 Å². The predicted molar refractivity (Wildman–Crippen MR) is 76.4 cm³/mol. The van der Waals surface area contributed by atoms with Gasteiger partial charge in [0.2, 0.25) is 0 Å². The molecule has 17 heavy (non-hydrogen) atoms. The van der Waals surface area contributed by atoms with E-state index in [0.717, 1.165) is 0 Å². The maximum Gasteiger partial charge on any atom is 0.334 e. The Hall–Kier alpha value is -0.750. The normalized spacial score (nSPS) is 12.0. The summed E-state index contributed by atoms with van der Waals surface area (Å²) in [4.78, 5) is 11.5. The van der Waals surface area contributed by atoms with E-state index in [-0.39, 0.29) is 11.7 Å². The molecule has 0 atom stereocenters. The van der Waals surface area contributed by atoms with Gasteiger partial charge < -0.3 is 9.84 Å². The molecule has 0 aliphatic rings. The Labute approximate surface area is 119 Å². The molecule has 0 bridgehead atoms. The molecule has 5 heteroatoms. The van der Waals surface area contributed by atoms with E-state index in [9.17, 15) is 9.90 Å². The summed E-state index contributed by atoms with van der Waals surface area (Å²) in [6.45, 7) is 3.73. The van der Waals surface area contributed by atoms with Crippen LogP contribution in [-0.2, 0) is 9.53 Å². The van der Waals surface area contributed by atoms with Gasteiger partial charge in [0.15, 0.2) is 0 Å². The third kappa shape index (κ3) is 3.61. The number of hydrogen-bond donors (Lipinski definition) is 1. The lowest BCUT2D eigenvalue weighted by Crippen LogP contribution is -2.06. The highest BCUT2D eigenvalue weighted by Crippen LogP contribution is 2.34. The standard InChI is InChI=1S/C12H12ClIO3/c1-3-17-12(16)7(2)11(14)9-5-4-8(13)6-10(9)15/h4-6,15H,3H2,1-2H3/b11-7-. The molecule has 0 fully saturated rings. The number of carbonyl (C=O) groups excluding carboxylic acids is 1. The van der Waals surface area contributed by atoms with Crippen molar-refractivity contribution in [3.8, 4) is 5.75 Å². The van der Waals surface area contributed by atoms with E-state index in [1.807, 2.05) is 22.6 Å². The minimum Gasteiger partial charge on any atom is -0.507 e. The first kappa shape index (κ1) is 14.3. The molecule has 0 heterocycles. The van der Waals surface area contributed by atoms with Crippen molar-refractivity contribution in [1.29, 1.82) is 0 Å². The Morgan fingerprint density at radius 1 is 1.53 bits per heavy atom. The van der Waals surface area contributed by atoms with Crippen molar-refractivity contribution in [3.05, 3.63) is 34.4 Å². The van der Waals surface area contributed by atoms with Gasteiger partial charge in [0.05, 0.1) is 6.61 Å². The van der Waals surface area contributed by atoms with Gasteiger partial charge in [-0.25, -0.2) is 4.79 Å². The van der Waals surface area contributed by atoms with Crippen LogP contribution in [0, 0.1) is 0 Å². The van der Waals surface area contributed by atoms with Gasteiger partial charge in [0, 0.05) is 19.7 Å². The van der Waals surface area contributed by atoms with Gasteiger partial charge >= 0.3 is 5.97 Å². The highest BCUT2D eigenvalue weighted by atomic mass is 127. The molecule has 1 aromatic carbocycles. The summed E-state index contributed by atoms with van der Waals surface area (Å²) in [6.07, 6.45) is 0. The van der Waals surface area contributed by atoms with Gasteiger partial charge in [0.1, 0.15) is 5.75 Å². The topological polar surface area (TPSA) is 46.5 Å². The molecule has 1 aromatic rings. The van der Waals surface area contributed by atoms with Gasteiger partial charge in [-0.3, -0.25) is 0 Å². The zero-order valence-electron chi connectivity index (χ0n) is 9.46. The summed E-state index contributed by atoms with van der Waals surface area (Å²) in [5.41, 5.74) is 1.03. The molecule has 0 aromatic heterocycles. The smallest absolute Gasteiger partial charge is 0.334 e. The van der Waals surface area contributed by atoms with Crippen LogP contribution in [0.1, 0.15) is 19.4 Å². The summed E-state index contributed by atoms with van der Waals surface area (Å²) >= 11 is 7.74. The summed E-state index contributed by atoms with van der Waals surface area (Å²) in [6, 6.07) is 4.77. The van der Waals surface area contributed by atoms with Gasteiger partial charge in [-0.05, 0) is 54.6 Å². The largest absolute Gasteiger partial charge is 0.507 e. The summed E-state index contributed by atoms with van der Waals surface area (Å²) in [7, 11) is 0. The number of halogens is 2. The van der Waals surface area contributed by atoms with Crippen LogP contribution in [0.2, 0.25) is 5.02 Å². The zero-order valence-corrected chi connectivity index (χ0v) is 12.4. The number of hydrogen-bond acceptors (Lipinski definition) is 3. The quantitative estimate of drug-likeness (QED) is 0.503. The first-order valence-corrected chi connectivity index (χ1v) is 6.45. The van der Waals surface area contributed by atoms with Gasteiger partial charge in [0.25, 0.3) is 0 Å². The van der Waals surface area contributed by atoms with Crippen molar-refractivity contribution in [2.24, 2.45) is 0 Å². The molecule has 1 rings (SSSR count). The molecule has 0 spiro atoms. The molecular weight excluding hydrogens is 354 g/mol. The van der Waals surface area contributed by atoms with Crippen LogP contribution in [0.3, 0.4) is 0 Å². The van der Waals surface area contributed by atoms with Gasteiger partial charge in [-0.15, -0.1) is 0 Å². The fraction of sp³-hybridized carbons (Fsp3) is 0.250. The number of aromatic hydroxyl groups is 1. The summed E-state index contributed by atoms with van der Waals surface area (Å²) in [5, 5.41) is 10.2. The summed E-state index contributed by atoms with van der Waals surface area (Å²) < 4.78 is 5.55. The van der Waals surface area contributed by atoms with Crippen LogP contribution >= 0.6 is 34.2 Å². The molecule has 0 aliphatic carbocycles. The van der Waals surface area contributed by atoms with Crippen molar-refractivity contribution in [3.63, 3.8) is 0 Å². The summed E-state index contributed by atoms with van der Waals surface area (Å²) in [5.74, 6) is -0.336. The van der Waals surface area contributed by atoms with Crippen molar-refractivity contribution in [2.75, 3.05) is 6.61 Å². The Balaban J connectivity index is 3.14. The minimum atomic E-state index is -0.383. The molecule has 0 aliphatic heterocycles. The zero-order chi connectivity index (χ0) is 13.0. The third-order valence-corrected chi connectivity index (χ3v) is 3.73. The lowest BCUT2D eigenvalue weighted by atomic mass is 10.1. The van der Waals surface area contributed by atoms with Crippen molar-refractivity contribution in [2.45, 2.75) is 13.8 Å². The van der Waals surface area contributed by atoms with Crippen LogP contribution in [0.15, 0.2) is 23.8 Å². The number of carbonyl (C=O) groups is 1. The fourth-order valence-electron chi connectivity index (χ4n) is 1.22. The third-order valence-electron chi connectivity index (χ3n) is 2.11. The molecular formula is C12H12ClIO3. The van der Waals surface area contributed by atoms with Gasteiger partial charge in [-0.2, -0.15) is 0 Å². The first-order valence-electron chi connectivity index (χ1n) is 4.99. The highest BCUT2D eigenvalue weighted by molar-refractivity contribution is 14.1. The molecule has 3 nitrogen and oxygen atoms in total. The number of rotatable bonds is 3. The predicted octanol–water partition coefficient (Wildman–Crippen LogP) is 3.77. The number of phenolic OH excluding ortho intramolecular Hbond substituents is 1. The second kappa shape index (κ2) is 6.26.